The van der Waals surface area contributed by atoms with Crippen LogP contribution in [0.3, 0.4) is 0 Å². The first kappa shape index (κ1) is 20.8. The largest absolute Gasteiger partial charge is 0.311 e. The highest BCUT2D eigenvalue weighted by Gasteiger charge is 2.23. The fourth-order valence-electron chi connectivity index (χ4n) is 4.34. The van der Waals surface area contributed by atoms with Gasteiger partial charge in [-0.15, -0.1) is 10.2 Å². The molecule has 2 aromatic heterocycles. The van der Waals surface area contributed by atoms with Crippen molar-refractivity contribution in [2.24, 2.45) is 0 Å². The third-order valence-electron chi connectivity index (χ3n) is 5.95. The summed E-state index contributed by atoms with van der Waals surface area (Å²) in [5.41, 5.74) is 2.94. The fraction of sp³-hybridized carbons (Fsp3) is 0.333. The lowest BCUT2D eigenvalue weighted by molar-refractivity contribution is -0.116. The molecule has 0 spiro atoms. The highest BCUT2D eigenvalue weighted by atomic mass is 32.2. The number of benzene rings is 2. The maximum absolute atomic E-state index is 13.1. The Morgan fingerprint density at radius 1 is 1.09 bits per heavy atom. The molecule has 1 aliphatic heterocycles. The van der Waals surface area contributed by atoms with E-state index in [1.54, 1.807) is 4.57 Å². The van der Waals surface area contributed by atoms with Crippen LogP contribution in [-0.4, -0.2) is 37.4 Å². The normalized spacial score (nSPS) is 13.6. The topological polar surface area (TPSA) is 72.5 Å². The molecule has 0 N–H and O–H groups in total. The first-order valence-corrected chi connectivity index (χ1v) is 12.1. The Balaban J connectivity index is 1.49. The quantitative estimate of drug-likeness (QED) is 0.419. The number of anilines is 1. The van der Waals surface area contributed by atoms with Crippen LogP contribution < -0.4 is 10.5 Å². The third kappa shape index (κ3) is 3.58. The number of fused-ring (bicyclic) bond motifs is 4. The van der Waals surface area contributed by atoms with Crippen molar-refractivity contribution in [3.05, 3.63) is 64.4 Å². The van der Waals surface area contributed by atoms with Crippen LogP contribution in [-0.2, 0) is 17.8 Å². The van der Waals surface area contributed by atoms with Gasteiger partial charge in [0, 0.05) is 18.8 Å². The third-order valence-corrected chi connectivity index (χ3v) is 6.86. The van der Waals surface area contributed by atoms with Gasteiger partial charge in [0.05, 0.1) is 16.7 Å². The van der Waals surface area contributed by atoms with Crippen LogP contribution in [0, 0.1) is 0 Å². The molecular formula is C24H25N5O2S. The zero-order chi connectivity index (χ0) is 22.1. The van der Waals surface area contributed by atoms with Crippen LogP contribution in [0.4, 0.5) is 5.69 Å². The van der Waals surface area contributed by atoms with E-state index in [4.69, 9.17) is 0 Å². The van der Waals surface area contributed by atoms with Gasteiger partial charge in [0.25, 0.3) is 5.56 Å². The molecule has 2 aromatic carbocycles. The molecule has 32 heavy (non-hydrogen) atoms. The van der Waals surface area contributed by atoms with Crippen molar-refractivity contribution in [3.8, 4) is 0 Å². The number of para-hydroxylation sites is 2. The Hall–Kier alpha value is -3.13. The summed E-state index contributed by atoms with van der Waals surface area (Å²) in [4.78, 5) is 28.1. The summed E-state index contributed by atoms with van der Waals surface area (Å²) in [5, 5.41) is 9.96. The minimum absolute atomic E-state index is 0.0495. The highest BCUT2D eigenvalue weighted by molar-refractivity contribution is 7.99. The van der Waals surface area contributed by atoms with Crippen LogP contribution in [0.25, 0.3) is 16.7 Å². The van der Waals surface area contributed by atoms with Crippen LogP contribution in [0.1, 0.15) is 31.7 Å². The molecule has 164 valence electrons. The van der Waals surface area contributed by atoms with Gasteiger partial charge < -0.3 is 4.90 Å². The number of rotatable bonds is 6. The lowest BCUT2D eigenvalue weighted by Gasteiger charge is -2.29. The Bertz CT molecular complexity index is 1360. The van der Waals surface area contributed by atoms with Gasteiger partial charge in [0.1, 0.15) is 0 Å². The molecule has 1 amide bonds. The number of hydrogen-bond acceptors (Lipinski definition) is 5. The van der Waals surface area contributed by atoms with Crippen LogP contribution in [0.5, 0.6) is 0 Å². The summed E-state index contributed by atoms with van der Waals surface area (Å²) in [6.07, 6.45) is 3.84. The van der Waals surface area contributed by atoms with Crippen molar-refractivity contribution >= 4 is 40.0 Å². The lowest BCUT2D eigenvalue weighted by atomic mass is 10.0. The molecule has 7 nitrogen and oxygen atoms in total. The monoisotopic (exact) mass is 447 g/mol. The number of nitrogens with zero attached hydrogens (tertiary/aromatic N) is 5. The predicted molar refractivity (Wildman–Crippen MR) is 128 cm³/mol. The second-order valence-electron chi connectivity index (χ2n) is 8.01. The number of hydrogen-bond donors (Lipinski definition) is 0. The number of aryl methyl sites for hydroxylation is 2. The Kier molecular flexibility index (Phi) is 5.70. The van der Waals surface area contributed by atoms with Gasteiger partial charge in [0.15, 0.2) is 5.16 Å². The van der Waals surface area contributed by atoms with E-state index in [1.807, 2.05) is 51.8 Å². The fourth-order valence-corrected chi connectivity index (χ4v) is 5.16. The minimum atomic E-state index is -0.0495. The molecule has 0 radical (unpaired) electrons. The summed E-state index contributed by atoms with van der Waals surface area (Å²) in [6.45, 7) is 3.42. The van der Waals surface area contributed by atoms with E-state index in [9.17, 15) is 9.59 Å². The number of carbonyl (C=O) groups is 1. The predicted octanol–water partition coefficient (Wildman–Crippen LogP) is 3.92. The van der Waals surface area contributed by atoms with E-state index < -0.39 is 0 Å². The van der Waals surface area contributed by atoms with Gasteiger partial charge in [0.2, 0.25) is 11.7 Å². The number of carbonyl (C=O) groups excluding carboxylic acids is 1. The number of aromatic nitrogens is 4. The Morgan fingerprint density at radius 2 is 1.91 bits per heavy atom. The summed E-state index contributed by atoms with van der Waals surface area (Å²) in [6, 6.07) is 15.6. The first-order chi connectivity index (χ1) is 15.7. The second-order valence-corrected chi connectivity index (χ2v) is 8.95. The molecule has 0 aliphatic carbocycles. The molecule has 0 bridgehead atoms. The highest BCUT2D eigenvalue weighted by Crippen LogP contribution is 2.28. The molecule has 0 atom stereocenters. The average Bonchev–Trinajstić information content (AvgIpc) is 3.26. The van der Waals surface area contributed by atoms with Crippen molar-refractivity contribution in [3.63, 3.8) is 0 Å². The number of amides is 1. The van der Waals surface area contributed by atoms with E-state index >= 15 is 0 Å². The zero-order valence-corrected chi connectivity index (χ0v) is 18.8. The molecule has 8 heteroatoms. The first-order valence-electron chi connectivity index (χ1n) is 11.1. The average molecular weight is 448 g/mol. The molecular weight excluding hydrogens is 422 g/mol. The molecule has 0 fully saturated rings. The lowest BCUT2D eigenvalue weighted by Crippen LogP contribution is -2.36. The van der Waals surface area contributed by atoms with Crippen LogP contribution in [0.15, 0.2) is 58.5 Å². The van der Waals surface area contributed by atoms with Crippen molar-refractivity contribution in [1.29, 1.82) is 0 Å². The van der Waals surface area contributed by atoms with E-state index in [-0.39, 0.29) is 17.2 Å². The summed E-state index contributed by atoms with van der Waals surface area (Å²) in [7, 11) is 0. The van der Waals surface area contributed by atoms with E-state index in [2.05, 4.69) is 23.2 Å². The van der Waals surface area contributed by atoms with Gasteiger partial charge in [-0.3, -0.25) is 18.6 Å². The number of unbranched alkanes of at least 4 members (excludes halogenated alkanes) is 1. The second kappa shape index (κ2) is 8.78. The van der Waals surface area contributed by atoms with Gasteiger partial charge in [-0.1, -0.05) is 55.4 Å². The number of thioether (sulfide) groups is 1. The zero-order valence-electron chi connectivity index (χ0n) is 18.0. The van der Waals surface area contributed by atoms with Crippen LogP contribution >= 0.6 is 11.8 Å². The van der Waals surface area contributed by atoms with Crippen LogP contribution in [0.2, 0.25) is 0 Å². The SMILES string of the molecule is CCCCn1c(=O)c2ccccc2n2c(SCC(=O)N3CCCc4ccccc43)nnc12. The van der Waals surface area contributed by atoms with Crippen molar-refractivity contribution in [1.82, 2.24) is 19.2 Å². The van der Waals surface area contributed by atoms with Gasteiger partial charge >= 0.3 is 0 Å². The van der Waals surface area contributed by atoms with Crippen molar-refractivity contribution < 1.29 is 4.79 Å². The minimum Gasteiger partial charge on any atom is -0.311 e. The molecule has 5 rings (SSSR count). The molecule has 4 aromatic rings. The van der Waals surface area contributed by atoms with Crippen molar-refractivity contribution in [2.75, 3.05) is 17.2 Å². The molecule has 0 unspecified atom stereocenters. The Labute approximate surface area is 190 Å². The Morgan fingerprint density at radius 3 is 2.78 bits per heavy atom. The van der Waals surface area contributed by atoms with E-state index in [1.165, 1.54) is 17.3 Å². The van der Waals surface area contributed by atoms with E-state index in [0.717, 1.165) is 43.4 Å². The van der Waals surface area contributed by atoms with Gasteiger partial charge in [-0.05, 0) is 43.0 Å². The van der Waals surface area contributed by atoms with Gasteiger partial charge in [-0.25, -0.2) is 0 Å². The summed E-state index contributed by atoms with van der Waals surface area (Å²) < 4.78 is 3.61. The summed E-state index contributed by atoms with van der Waals surface area (Å²) >= 11 is 1.37. The molecule has 0 saturated carbocycles. The molecule has 0 saturated heterocycles. The van der Waals surface area contributed by atoms with Crippen molar-refractivity contribution in [2.45, 2.75) is 44.3 Å². The maximum atomic E-state index is 13.1. The van der Waals surface area contributed by atoms with E-state index in [0.29, 0.717) is 22.9 Å². The standard InChI is InChI=1S/C24H25N5O2S/c1-2-3-14-28-22(31)18-11-5-7-13-20(18)29-23(28)25-26-24(29)32-16-21(30)27-15-8-10-17-9-4-6-12-19(17)27/h4-7,9,11-13H,2-3,8,10,14-16H2,1H3. The smallest absolute Gasteiger partial charge is 0.262 e. The van der Waals surface area contributed by atoms with Gasteiger partial charge in [-0.2, -0.15) is 0 Å². The maximum Gasteiger partial charge on any atom is 0.262 e. The summed E-state index contributed by atoms with van der Waals surface area (Å²) in [5.74, 6) is 0.847. The molecule has 3 heterocycles. The molecule has 1 aliphatic rings.